The fourth-order valence-electron chi connectivity index (χ4n) is 4.18. The molecule has 0 aromatic heterocycles. The van der Waals surface area contributed by atoms with Crippen molar-refractivity contribution in [2.75, 3.05) is 19.0 Å². The molecule has 2 rings (SSSR count). The summed E-state index contributed by atoms with van der Waals surface area (Å²) in [5.41, 5.74) is 3.70. The predicted molar refractivity (Wildman–Crippen MR) is 91.9 cm³/mol. The van der Waals surface area contributed by atoms with Crippen LogP contribution in [0, 0.1) is 10.1 Å². The first-order valence-electron chi connectivity index (χ1n) is 8.44. The minimum Gasteiger partial charge on any atom is -0.372 e. The van der Waals surface area contributed by atoms with E-state index in [1.54, 1.807) is 0 Å². The number of hydrogen-bond acceptors (Lipinski definition) is 3. The molecule has 0 amide bonds. The van der Waals surface area contributed by atoms with Crippen LogP contribution < -0.4 is 4.90 Å². The van der Waals surface area contributed by atoms with E-state index in [2.05, 4.69) is 19.9 Å². The molecule has 0 unspecified atom stereocenters. The molecule has 0 radical (unpaired) electrons. The summed E-state index contributed by atoms with van der Waals surface area (Å²) >= 11 is 0. The first-order chi connectivity index (χ1) is 10.4. The molecule has 1 aromatic carbocycles. The Balaban J connectivity index is 2.63. The summed E-state index contributed by atoms with van der Waals surface area (Å²) in [6.45, 7) is 4.43. The zero-order chi connectivity index (χ0) is 16.3. The third-order valence-electron chi connectivity index (χ3n) is 5.01. The minimum absolute atomic E-state index is 0.146. The van der Waals surface area contributed by atoms with E-state index in [9.17, 15) is 10.1 Å². The van der Waals surface area contributed by atoms with Crippen LogP contribution in [0.15, 0.2) is 12.1 Å². The van der Waals surface area contributed by atoms with Crippen molar-refractivity contribution >= 4 is 11.4 Å². The number of hydrogen-bond donors (Lipinski definition) is 0. The molecule has 0 fully saturated rings. The monoisotopic (exact) mass is 304 g/mol. The summed E-state index contributed by atoms with van der Waals surface area (Å²) in [5.74, 6) is 0. The maximum Gasteiger partial charge on any atom is 0.292 e. The Hall–Kier alpha value is -1.58. The second-order valence-electron chi connectivity index (χ2n) is 6.78. The van der Waals surface area contributed by atoms with Gasteiger partial charge in [-0.3, -0.25) is 10.1 Å². The van der Waals surface area contributed by atoms with Crippen molar-refractivity contribution in [2.24, 2.45) is 0 Å². The summed E-state index contributed by atoms with van der Waals surface area (Å²) in [5, 5.41) is 11.5. The Morgan fingerprint density at radius 3 is 2.36 bits per heavy atom. The van der Waals surface area contributed by atoms with E-state index in [1.807, 2.05) is 25.1 Å². The highest BCUT2D eigenvalue weighted by Crippen LogP contribution is 2.47. The molecule has 1 aliphatic rings. The summed E-state index contributed by atoms with van der Waals surface area (Å²) < 4.78 is 0. The van der Waals surface area contributed by atoms with E-state index in [-0.39, 0.29) is 16.0 Å². The first-order valence-corrected chi connectivity index (χ1v) is 8.44. The quantitative estimate of drug-likeness (QED) is 0.558. The maximum absolute atomic E-state index is 11.5. The zero-order valence-corrected chi connectivity index (χ0v) is 14.3. The van der Waals surface area contributed by atoms with Gasteiger partial charge >= 0.3 is 0 Å². The Morgan fingerprint density at radius 1 is 1.23 bits per heavy atom. The smallest absolute Gasteiger partial charge is 0.292 e. The topological polar surface area (TPSA) is 46.4 Å². The molecule has 0 saturated carbocycles. The van der Waals surface area contributed by atoms with Crippen LogP contribution >= 0.6 is 0 Å². The Labute approximate surface area is 133 Å². The lowest BCUT2D eigenvalue weighted by Crippen LogP contribution is -2.31. The van der Waals surface area contributed by atoms with Crippen molar-refractivity contribution in [1.29, 1.82) is 0 Å². The second kappa shape index (κ2) is 6.67. The molecule has 4 heteroatoms. The van der Waals surface area contributed by atoms with Crippen LogP contribution in [0.3, 0.4) is 0 Å². The van der Waals surface area contributed by atoms with Gasteiger partial charge in [0.05, 0.1) is 4.92 Å². The van der Waals surface area contributed by atoms with E-state index < -0.39 is 0 Å². The number of nitrogens with zero attached hydrogens (tertiary/aromatic N) is 2. The number of nitro benzene ring substituents is 1. The lowest BCUT2D eigenvalue weighted by Gasteiger charge is -2.40. The molecule has 4 nitrogen and oxygen atoms in total. The number of rotatable bonds is 6. The van der Waals surface area contributed by atoms with Crippen molar-refractivity contribution in [2.45, 2.75) is 64.2 Å². The van der Waals surface area contributed by atoms with E-state index in [1.165, 1.54) is 24.0 Å². The highest BCUT2D eigenvalue weighted by atomic mass is 16.6. The Kier molecular flexibility index (Phi) is 5.09. The van der Waals surface area contributed by atoms with Crippen molar-refractivity contribution in [3.63, 3.8) is 0 Å². The molecule has 0 atom stereocenters. The molecule has 122 valence electrons. The molecule has 0 N–H and O–H groups in total. The number of aryl methyl sites for hydroxylation is 1. The standard InChI is InChI=1S/C18H28N2O2/c1-5-9-18(10-6-2)11-7-8-14-12-16(19(3)4)17(20(21)22)13-15(14)18/h12-13H,5-11H2,1-4H3. The average molecular weight is 304 g/mol. The minimum atomic E-state index is -0.229. The average Bonchev–Trinajstić information content (AvgIpc) is 2.46. The molecule has 0 saturated heterocycles. The van der Waals surface area contributed by atoms with Gasteiger partial charge in [-0.05, 0) is 54.7 Å². The van der Waals surface area contributed by atoms with Crippen molar-refractivity contribution in [3.8, 4) is 0 Å². The molecule has 1 aliphatic carbocycles. The Morgan fingerprint density at radius 2 is 1.86 bits per heavy atom. The zero-order valence-electron chi connectivity index (χ0n) is 14.3. The fraction of sp³-hybridized carbons (Fsp3) is 0.667. The highest BCUT2D eigenvalue weighted by Gasteiger charge is 2.37. The maximum atomic E-state index is 11.5. The lowest BCUT2D eigenvalue weighted by molar-refractivity contribution is -0.384. The number of nitro groups is 1. The van der Waals surface area contributed by atoms with Gasteiger partial charge in [0.25, 0.3) is 5.69 Å². The summed E-state index contributed by atoms with van der Waals surface area (Å²) in [6.07, 6.45) is 7.92. The van der Waals surface area contributed by atoms with E-state index in [0.717, 1.165) is 37.8 Å². The van der Waals surface area contributed by atoms with Crippen LogP contribution in [-0.4, -0.2) is 19.0 Å². The summed E-state index contributed by atoms with van der Waals surface area (Å²) in [4.78, 5) is 13.1. The van der Waals surface area contributed by atoms with Gasteiger partial charge in [0.1, 0.15) is 5.69 Å². The van der Waals surface area contributed by atoms with Gasteiger partial charge in [0, 0.05) is 20.2 Å². The predicted octanol–water partition coefficient (Wildman–Crippen LogP) is 4.84. The molecule has 0 heterocycles. The van der Waals surface area contributed by atoms with Crippen LogP contribution in [0.5, 0.6) is 0 Å². The van der Waals surface area contributed by atoms with Gasteiger partial charge < -0.3 is 4.90 Å². The lowest BCUT2D eigenvalue weighted by atomic mass is 9.65. The van der Waals surface area contributed by atoms with Crippen LogP contribution in [0.2, 0.25) is 0 Å². The third kappa shape index (κ3) is 2.96. The van der Waals surface area contributed by atoms with Gasteiger partial charge in [-0.1, -0.05) is 26.7 Å². The number of benzene rings is 1. The van der Waals surface area contributed by atoms with E-state index in [4.69, 9.17) is 0 Å². The van der Waals surface area contributed by atoms with Gasteiger partial charge in [-0.25, -0.2) is 0 Å². The van der Waals surface area contributed by atoms with Gasteiger partial charge in [-0.2, -0.15) is 0 Å². The third-order valence-corrected chi connectivity index (χ3v) is 5.01. The molecule has 1 aromatic rings. The van der Waals surface area contributed by atoms with Gasteiger partial charge in [0.15, 0.2) is 0 Å². The molecular weight excluding hydrogens is 276 g/mol. The van der Waals surface area contributed by atoms with E-state index >= 15 is 0 Å². The number of anilines is 1. The molecule has 0 aliphatic heterocycles. The summed E-state index contributed by atoms with van der Waals surface area (Å²) in [7, 11) is 3.76. The van der Waals surface area contributed by atoms with Crippen molar-refractivity contribution in [3.05, 3.63) is 33.4 Å². The highest BCUT2D eigenvalue weighted by molar-refractivity contribution is 5.67. The molecule has 0 spiro atoms. The Bertz CT molecular complexity index is 546. The second-order valence-corrected chi connectivity index (χ2v) is 6.78. The van der Waals surface area contributed by atoms with Crippen LogP contribution in [0.25, 0.3) is 0 Å². The van der Waals surface area contributed by atoms with E-state index in [0.29, 0.717) is 0 Å². The molecule has 22 heavy (non-hydrogen) atoms. The van der Waals surface area contributed by atoms with Gasteiger partial charge in [-0.15, -0.1) is 0 Å². The van der Waals surface area contributed by atoms with Crippen LogP contribution in [0.1, 0.15) is 63.5 Å². The van der Waals surface area contributed by atoms with Crippen molar-refractivity contribution < 1.29 is 4.92 Å². The summed E-state index contributed by atoms with van der Waals surface area (Å²) in [6, 6.07) is 3.95. The largest absolute Gasteiger partial charge is 0.372 e. The SMILES string of the molecule is CCCC1(CCC)CCCc2cc(N(C)C)c([N+](=O)[O-])cc21. The fourth-order valence-corrected chi connectivity index (χ4v) is 4.18. The first kappa shape index (κ1) is 16.8. The van der Waals surface area contributed by atoms with Crippen molar-refractivity contribution in [1.82, 2.24) is 0 Å². The van der Waals surface area contributed by atoms with Gasteiger partial charge in [0.2, 0.25) is 0 Å². The van der Waals surface area contributed by atoms with Crippen LogP contribution in [-0.2, 0) is 11.8 Å². The molecule has 0 bridgehead atoms. The normalized spacial score (nSPS) is 16.2. The molecular formula is C18H28N2O2. The van der Waals surface area contributed by atoms with Crippen LogP contribution in [0.4, 0.5) is 11.4 Å². The number of fused-ring (bicyclic) bond motifs is 1.